The van der Waals surface area contributed by atoms with Gasteiger partial charge in [-0.05, 0) is 41.1 Å². The van der Waals surface area contributed by atoms with Gasteiger partial charge in [-0.25, -0.2) is 4.98 Å². The molecule has 0 aliphatic carbocycles. The molecule has 0 spiro atoms. The second-order valence-corrected chi connectivity index (χ2v) is 5.86. The number of imidazole rings is 1. The second kappa shape index (κ2) is 6.54. The summed E-state index contributed by atoms with van der Waals surface area (Å²) in [5.41, 5.74) is 2.00. The van der Waals surface area contributed by atoms with Crippen LogP contribution in [-0.2, 0) is 4.74 Å². The minimum atomic E-state index is 0.644. The van der Waals surface area contributed by atoms with Gasteiger partial charge >= 0.3 is 0 Å². The van der Waals surface area contributed by atoms with Crippen LogP contribution < -0.4 is 5.32 Å². The summed E-state index contributed by atoms with van der Waals surface area (Å²) in [5.74, 6) is 0.813. The zero-order valence-corrected chi connectivity index (χ0v) is 14.0. The monoisotopic (exact) mass is 387 g/mol. The van der Waals surface area contributed by atoms with Crippen LogP contribution in [0.15, 0.2) is 33.3 Å². The summed E-state index contributed by atoms with van der Waals surface area (Å²) in [6.07, 6.45) is 2.00. The summed E-state index contributed by atoms with van der Waals surface area (Å²) < 4.78 is 9.11. The summed E-state index contributed by atoms with van der Waals surface area (Å²) in [7, 11) is 1.68. The van der Waals surface area contributed by atoms with Crippen molar-refractivity contribution in [1.82, 2.24) is 9.55 Å². The number of methoxy groups -OCH3 is 1. The van der Waals surface area contributed by atoms with E-state index in [1.54, 1.807) is 7.11 Å². The van der Waals surface area contributed by atoms with E-state index in [4.69, 9.17) is 4.74 Å². The SMILES string of the molecule is COCCNc1nc(C)cn1-c1cc(Br)ccc1Br. The number of nitrogens with one attached hydrogen (secondary N) is 1. The molecule has 0 saturated heterocycles. The maximum absolute atomic E-state index is 5.04. The fourth-order valence-electron chi connectivity index (χ4n) is 1.74. The van der Waals surface area contributed by atoms with Crippen LogP contribution >= 0.6 is 31.9 Å². The van der Waals surface area contributed by atoms with Gasteiger partial charge in [0.15, 0.2) is 0 Å². The minimum Gasteiger partial charge on any atom is -0.383 e. The molecule has 2 rings (SSSR count). The number of aryl methyl sites for hydroxylation is 1. The van der Waals surface area contributed by atoms with Gasteiger partial charge in [-0.1, -0.05) is 15.9 Å². The van der Waals surface area contributed by atoms with Crippen molar-refractivity contribution >= 4 is 37.8 Å². The highest BCUT2D eigenvalue weighted by atomic mass is 79.9. The Kier molecular flexibility index (Phi) is 5.01. The molecule has 0 radical (unpaired) electrons. The molecule has 0 fully saturated rings. The van der Waals surface area contributed by atoms with E-state index >= 15 is 0 Å². The predicted octanol–water partition coefficient (Wildman–Crippen LogP) is 3.76. The Morgan fingerprint density at radius 3 is 2.89 bits per heavy atom. The maximum atomic E-state index is 5.04. The lowest BCUT2D eigenvalue weighted by atomic mass is 10.3. The smallest absolute Gasteiger partial charge is 0.207 e. The van der Waals surface area contributed by atoms with Gasteiger partial charge in [-0.3, -0.25) is 4.57 Å². The van der Waals surface area contributed by atoms with Crippen molar-refractivity contribution in [3.63, 3.8) is 0 Å². The number of rotatable bonds is 5. The van der Waals surface area contributed by atoms with Crippen molar-refractivity contribution < 1.29 is 4.74 Å². The molecule has 1 aromatic carbocycles. The Bertz CT molecular complexity index is 569. The quantitative estimate of drug-likeness (QED) is 0.792. The van der Waals surface area contributed by atoms with E-state index in [0.29, 0.717) is 6.61 Å². The van der Waals surface area contributed by atoms with Gasteiger partial charge in [0, 0.05) is 28.8 Å². The van der Waals surface area contributed by atoms with Crippen molar-refractivity contribution in [3.8, 4) is 5.69 Å². The van der Waals surface area contributed by atoms with Crippen LogP contribution in [0.4, 0.5) is 5.95 Å². The van der Waals surface area contributed by atoms with Crippen molar-refractivity contribution in [3.05, 3.63) is 39.0 Å². The summed E-state index contributed by atoms with van der Waals surface area (Å²) in [6.45, 7) is 3.34. The number of ether oxygens (including phenoxy) is 1. The average molecular weight is 389 g/mol. The average Bonchev–Trinajstić information content (AvgIpc) is 2.74. The van der Waals surface area contributed by atoms with Crippen LogP contribution in [0, 0.1) is 6.92 Å². The lowest BCUT2D eigenvalue weighted by Gasteiger charge is -2.11. The zero-order valence-electron chi connectivity index (χ0n) is 10.8. The summed E-state index contributed by atoms with van der Waals surface area (Å²) in [6, 6.07) is 6.05. The van der Waals surface area contributed by atoms with E-state index in [1.165, 1.54) is 0 Å². The van der Waals surface area contributed by atoms with E-state index in [9.17, 15) is 0 Å². The van der Waals surface area contributed by atoms with Crippen LogP contribution in [0.1, 0.15) is 5.69 Å². The van der Waals surface area contributed by atoms with Crippen molar-refractivity contribution in [2.75, 3.05) is 25.6 Å². The molecule has 6 heteroatoms. The molecule has 0 unspecified atom stereocenters. The fraction of sp³-hybridized carbons (Fsp3) is 0.308. The van der Waals surface area contributed by atoms with E-state index in [2.05, 4.69) is 42.2 Å². The van der Waals surface area contributed by atoms with Gasteiger partial charge in [0.1, 0.15) is 0 Å². The van der Waals surface area contributed by atoms with Crippen molar-refractivity contribution in [2.45, 2.75) is 6.92 Å². The van der Waals surface area contributed by atoms with Gasteiger partial charge in [0.05, 0.1) is 18.0 Å². The molecule has 1 heterocycles. The number of halogens is 2. The first-order valence-electron chi connectivity index (χ1n) is 5.86. The Hall–Kier alpha value is -0.850. The number of nitrogens with zero attached hydrogens (tertiary/aromatic N) is 2. The Morgan fingerprint density at radius 1 is 1.37 bits per heavy atom. The highest BCUT2D eigenvalue weighted by Crippen LogP contribution is 2.27. The number of benzene rings is 1. The molecule has 1 aromatic heterocycles. The van der Waals surface area contributed by atoms with Crippen LogP contribution in [0.25, 0.3) is 5.69 Å². The lowest BCUT2D eigenvalue weighted by molar-refractivity contribution is 0.210. The van der Waals surface area contributed by atoms with Crippen LogP contribution in [0.5, 0.6) is 0 Å². The molecule has 0 amide bonds. The van der Waals surface area contributed by atoms with Gasteiger partial charge in [-0.15, -0.1) is 0 Å². The van der Waals surface area contributed by atoms with E-state index < -0.39 is 0 Å². The number of aromatic nitrogens is 2. The largest absolute Gasteiger partial charge is 0.383 e. The van der Waals surface area contributed by atoms with E-state index in [0.717, 1.165) is 32.8 Å². The molecule has 0 aliphatic rings. The van der Waals surface area contributed by atoms with Gasteiger partial charge in [0.2, 0.25) is 5.95 Å². The molecule has 0 atom stereocenters. The van der Waals surface area contributed by atoms with Crippen molar-refractivity contribution in [2.24, 2.45) is 0 Å². The second-order valence-electron chi connectivity index (χ2n) is 4.09. The predicted molar refractivity (Wildman–Crippen MR) is 84.1 cm³/mol. The Labute approximate surface area is 129 Å². The zero-order chi connectivity index (χ0) is 13.8. The van der Waals surface area contributed by atoms with E-state index in [1.807, 2.05) is 35.9 Å². The molecule has 0 aliphatic heterocycles. The maximum Gasteiger partial charge on any atom is 0.207 e. The standard InChI is InChI=1S/C13H15Br2N3O/c1-9-8-18(13(17-9)16-5-6-19-2)12-7-10(14)3-4-11(12)15/h3-4,7-8H,5-6H2,1-2H3,(H,16,17). The third kappa shape index (κ3) is 3.58. The van der Waals surface area contributed by atoms with Crippen LogP contribution in [0.2, 0.25) is 0 Å². The molecule has 19 heavy (non-hydrogen) atoms. The third-order valence-corrected chi connectivity index (χ3v) is 3.75. The fourth-order valence-corrected chi connectivity index (χ4v) is 2.53. The summed E-state index contributed by atoms with van der Waals surface area (Å²) in [5, 5.41) is 3.27. The Morgan fingerprint density at radius 2 is 2.16 bits per heavy atom. The van der Waals surface area contributed by atoms with Crippen molar-refractivity contribution in [1.29, 1.82) is 0 Å². The van der Waals surface area contributed by atoms with Crippen LogP contribution in [0.3, 0.4) is 0 Å². The van der Waals surface area contributed by atoms with E-state index in [-0.39, 0.29) is 0 Å². The third-order valence-electron chi connectivity index (χ3n) is 2.58. The molecule has 0 saturated carbocycles. The molecule has 1 N–H and O–H groups in total. The highest BCUT2D eigenvalue weighted by molar-refractivity contribution is 9.11. The first-order valence-corrected chi connectivity index (χ1v) is 7.44. The highest BCUT2D eigenvalue weighted by Gasteiger charge is 2.10. The number of anilines is 1. The molecule has 0 bridgehead atoms. The summed E-state index contributed by atoms with van der Waals surface area (Å²) in [4.78, 5) is 4.49. The molecule has 2 aromatic rings. The van der Waals surface area contributed by atoms with Gasteiger partial charge in [0.25, 0.3) is 0 Å². The molecule has 102 valence electrons. The van der Waals surface area contributed by atoms with Gasteiger partial charge < -0.3 is 10.1 Å². The normalized spacial score (nSPS) is 10.7. The first-order chi connectivity index (χ1) is 9.11. The lowest BCUT2D eigenvalue weighted by Crippen LogP contribution is -2.11. The van der Waals surface area contributed by atoms with Gasteiger partial charge in [-0.2, -0.15) is 0 Å². The Balaban J connectivity index is 2.35. The summed E-state index contributed by atoms with van der Waals surface area (Å²) >= 11 is 7.06. The number of hydrogen-bond acceptors (Lipinski definition) is 3. The molecular formula is C13H15Br2N3O. The number of hydrogen-bond donors (Lipinski definition) is 1. The first kappa shape index (κ1) is 14.6. The minimum absolute atomic E-state index is 0.644. The topological polar surface area (TPSA) is 39.1 Å². The molecular weight excluding hydrogens is 374 g/mol. The van der Waals surface area contributed by atoms with Crippen LogP contribution in [-0.4, -0.2) is 29.8 Å². The molecule has 4 nitrogen and oxygen atoms in total.